The molecule has 0 aromatic heterocycles. The second-order valence-corrected chi connectivity index (χ2v) is 6.25. The van der Waals surface area contributed by atoms with E-state index in [0.29, 0.717) is 0 Å². The summed E-state index contributed by atoms with van der Waals surface area (Å²) in [6.07, 6.45) is 15.0. The third kappa shape index (κ3) is 3.59. The summed E-state index contributed by atoms with van der Waals surface area (Å²) >= 11 is 0. The fourth-order valence-electron chi connectivity index (χ4n) is 4.16. The predicted octanol–water partition coefficient (Wildman–Crippen LogP) is 1.12. The maximum atomic E-state index is 2.56. The molecule has 102 valence electrons. The monoisotopic (exact) mass is 351 g/mol. The smallest absolute Gasteiger partial charge is 0.0890 e. The van der Waals surface area contributed by atoms with Crippen LogP contribution in [0, 0.1) is 0 Å². The van der Waals surface area contributed by atoms with Gasteiger partial charge in [-0.25, -0.2) is 0 Å². The first-order valence-electron chi connectivity index (χ1n) is 7.62. The van der Waals surface area contributed by atoms with Crippen LogP contribution in [-0.2, 0) is 0 Å². The highest BCUT2D eigenvalue weighted by Gasteiger charge is 2.39. The topological polar surface area (TPSA) is 0 Å². The summed E-state index contributed by atoms with van der Waals surface area (Å²) in [6, 6.07) is 1.98. The van der Waals surface area contributed by atoms with Crippen LogP contribution in [0.3, 0.4) is 0 Å². The third-order valence-electron chi connectivity index (χ3n) is 5.50. The zero-order valence-electron chi connectivity index (χ0n) is 11.8. The number of quaternary nitrogens is 1. The Morgan fingerprint density at radius 1 is 0.765 bits per heavy atom. The number of hydrogen-bond donors (Lipinski definition) is 0. The predicted molar refractivity (Wildman–Crippen MR) is 70.5 cm³/mol. The minimum atomic E-state index is 0. The van der Waals surface area contributed by atoms with Gasteiger partial charge in [0.1, 0.15) is 0 Å². The molecule has 17 heavy (non-hydrogen) atoms. The van der Waals surface area contributed by atoms with Gasteiger partial charge in [0.25, 0.3) is 0 Å². The van der Waals surface area contributed by atoms with E-state index in [1.54, 1.807) is 0 Å². The van der Waals surface area contributed by atoms with E-state index in [1.807, 2.05) is 0 Å². The van der Waals surface area contributed by atoms with Crippen molar-refractivity contribution >= 4 is 0 Å². The molecule has 0 spiro atoms. The van der Waals surface area contributed by atoms with Gasteiger partial charge in [-0.3, -0.25) is 0 Å². The van der Waals surface area contributed by atoms with Gasteiger partial charge >= 0.3 is 0 Å². The lowest BCUT2D eigenvalue weighted by Gasteiger charge is -2.49. The van der Waals surface area contributed by atoms with Crippen LogP contribution in [0.1, 0.15) is 71.1 Å². The molecule has 1 nitrogen and oxygen atoms in total. The Morgan fingerprint density at radius 2 is 1.12 bits per heavy atom. The molecule has 0 unspecified atom stereocenters. The second-order valence-electron chi connectivity index (χ2n) is 6.25. The van der Waals surface area contributed by atoms with E-state index >= 15 is 0 Å². The molecule has 0 aliphatic heterocycles. The number of rotatable bonds is 3. The molecule has 0 aromatic rings. The van der Waals surface area contributed by atoms with Gasteiger partial charge in [0.2, 0.25) is 0 Å². The highest BCUT2D eigenvalue weighted by molar-refractivity contribution is 4.73. The quantitative estimate of drug-likeness (QED) is 0.528. The van der Waals surface area contributed by atoms with Gasteiger partial charge in [-0.1, -0.05) is 12.8 Å². The zero-order valence-corrected chi connectivity index (χ0v) is 13.9. The van der Waals surface area contributed by atoms with Gasteiger partial charge in [0, 0.05) is 0 Å². The molecule has 2 saturated carbocycles. The van der Waals surface area contributed by atoms with Crippen molar-refractivity contribution < 1.29 is 28.5 Å². The molecule has 0 bridgehead atoms. The molecule has 0 aromatic carbocycles. The van der Waals surface area contributed by atoms with E-state index in [2.05, 4.69) is 14.0 Å². The fourth-order valence-corrected chi connectivity index (χ4v) is 4.16. The van der Waals surface area contributed by atoms with Crippen LogP contribution < -0.4 is 24.0 Å². The summed E-state index contributed by atoms with van der Waals surface area (Å²) in [6.45, 7) is 3.78. The Hall–Kier alpha value is 0.690. The van der Waals surface area contributed by atoms with Crippen LogP contribution in [0.15, 0.2) is 0 Å². The van der Waals surface area contributed by atoms with E-state index in [4.69, 9.17) is 0 Å². The summed E-state index contributed by atoms with van der Waals surface area (Å²) in [5, 5.41) is 0. The summed E-state index contributed by atoms with van der Waals surface area (Å²) in [7, 11) is 2.56. The Bertz CT molecular complexity index is 187. The van der Waals surface area contributed by atoms with Crippen molar-refractivity contribution in [2.75, 3.05) is 13.6 Å². The maximum Gasteiger partial charge on any atom is 0.0890 e. The Labute approximate surface area is 125 Å². The van der Waals surface area contributed by atoms with Gasteiger partial charge < -0.3 is 28.5 Å². The van der Waals surface area contributed by atoms with Gasteiger partial charge in [-0.05, 0) is 58.3 Å². The first-order valence-corrected chi connectivity index (χ1v) is 7.62. The van der Waals surface area contributed by atoms with Crippen LogP contribution in [0.25, 0.3) is 0 Å². The minimum absolute atomic E-state index is 0. The number of halogens is 1. The molecule has 0 amide bonds. The number of hydrogen-bond acceptors (Lipinski definition) is 0. The Morgan fingerprint density at radius 3 is 1.41 bits per heavy atom. The van der Waals surface area contributed by atoms with Crippen LogP contribution in [0.4, 0.5) is 0 Å². The first kappa shape index (κ1) is 15.7. The van der Waals surface area contributed by atoms with Crippen LogP contribution in [0.2, 0.25) is 0 Å². The maximum absolute atomic E-state index is 2.56. The average molecular weight is 351 g/mol. The van der Waals surface area contributed by atoms with Crippen molar-refractivity contribution in [3.63, 3.8) is 0 Å². The molecule has 0 radical (unpaired) electrons. The van der Waals surface area contributed by atoms with E-state index < -0.39 is 0 Å². The standard InChI is InChI=1S/C15H30N.HI/c1-3-16(2,14-10-6-4-7-11-14)15-12-8-5-9-13-15;/h14-15H,3-13H2,1-2H3;1H/q+1;/p-1. The molecule has 2 aliphatic carbocycles. The average Bonchev–Trinajstić information content (AvgIpc) is 2.40. The molecular formula is C15H30IN. The molecule has 0 heterocycles. The third-order valence-corrected chi connectivity index (χ3v) is 5.50. The van der Waals surface area contributed by atoms with Gasteiger partial charge in [-0.15, -0.1) is 0 Å². The summed E-state index contributed by atoms with van der Waals surface area (Å²) < 4.78 is 1.40. The highest BCUT2D eigenvalue weighted by Crippen LogP contribution is 2.34. The van der Waals surface area contributed by atoms with Gasteiger partial charge in [0.05, 0.1) is 25.7 Å². The van der Waals surface area contributed by atoms with Crippen molar-refractivity contribution in [3.05, 3.63) is 0 Å². The Balaban J connectivity index is 0.00000144. The molecule has 2 aliphatic rings. The van der Waals surface area contributed by atoms with Crippen molar-refractivity contribution in [3.8, 4) is 0 Å². The summed E-state index contributed by atoms with van der Waals surface area (Å²) in [4.78, 5) is 0. The van der Waals surface area contributed by atoms with Crippen LogP contribution >= 0.6 is 0 Å². The summed E-state index contributed by atoms with van der Waals surface area (Å²) in [5.74, 6) is 0. The lowest BCUT2D eigenvalue weighted by atomic mass is 9.86. The van der Waals surface area contributed by atoms with E-state index in [1.165, 1.54) is 75.2 Å². The Kier molecular flexibility index (Phi) is 6.78. The zero-order chi connectivity index (χ0) is 11.4. The van der Waals surface area contributed by atoms with Gasteiger partial charge in [-0.2, -0.15) is 0 Å². The van der Waals surface area contributed by atoms with Crippen molar-refractivity contribution in [2.45, 2.75) is 83.2 Å². The fraction of sp³-hybridized carbons (Fsp3) is 1.00. The second kappa shape index (κ2) is 7.32. The number of nitrogens with zero attached hydrogens (tertiary/aromatic N) is 1. The summed E-state index contributed by atoms with van der Waals surface area (Å²) in [5.41, 5.74) is 0. The lowest BCUT2D eigenvalue weighted by Crippen LogP contribution is -3.00. The molecule has 2 fully saturated rings. The normalized spacial score (nSPS) is 24.4. The van der Waals surface area contributed by atoms with Gasteiger partial charge in [0.15, 0.2) is 0 Å². The first-order chi connectivity index (χ1) is 7.77. The molecule has 2 rings (SSSR count). The van der Waals surface area contributed by atoms with E-state index in [9.17, 15) is 0 Å². The SMILES string of the molecule is CC[N+](C)(C1CCCCC1)C1CCCCC1.[I-]. The molecule has 0 saturated heterocycles. The highest BCUT2D eigenvalue weighted by atomic mass is 127. The van der Waals surface area contributed by atoms with Crippen molar-refractivity contribution in [2.24, 2.45) is 0 Å². The van der Waals surface area contributed by atoms with Crippen LogP contribution in [0.5, 0.6) is 0 Å². The molecular weight excluding hydrogens is 321 g/mol. The van der Waals surface area contributed by atoms with E-state index in [-0.39, 0.29) is 24.0 Å². The largest absolute Gasteiger partial charge is 1.00 e. The lowest BCUT2D eigenvalue weighted by molar-refractivity contribution is -0.957. The molecule has 0 atom stereocenters. The molecule has 0 N–H and O–H groups in total. The van der Waals surface area contributed by atoms with Crippen molar-refractivity contribution in [1.82, 2.24) is 0 Å². The van der Waals surface area contributed by atoms with E-state index in [0.717, 1.165) is 12.1 Å². The van der Waals surface area contributed by atoms with Crippen LogP contribution in [-0.4, -0.2) is 30.2 Å². The van der Waals surface area contributed by atoms with Crippen molar-refractivity contribution in [1.29, 1.82) is 0 Å². The minimum Gasteiger partial charge on any atom is -1.00 e. The molecule has 2 heteroatoms.